The normalized spacial score (nSPS) is 10.9. The second-order valence-corrected chi connectivity index (χ2v) is 6.13. The van der Waals surface area contributed by atoms with Gasteiger partial charge < -0.3 is 4.42 Å². The van der Waals surface area contributed by atoms with Crippen LogP contribution in [0.5, 0.6) is 0 Å². The summed E-state index contributed by atoms with van der Waals surface area (Å²) in [5.74, 6) is 0.606. The highest BCUT2D eigenvalue weighted by Crippen LogP contribution is 2.21. The fourth-order valence-electron chi connectivity index (χ4n) is 1.85. The van der Waals surface area contributed by atoms with Gasteiger partial charge in [-0.3, -0.25) is 25.9 Å². The summed E-state index contributed by atoms with van der Waals surface area (Å²) in [6.45, 7) is 0. The molecule has 0 aliphatic rings. The van der Waals surface area contributed by atoms with Gasteiger partial charge in [0, 0.05) is 11.6 Å². The van der Waals surface area contributed by atoms with E-state index in [-0.39, 0.29) is 5.43 Å². The van der Waals surface area contributed by atoms with Gasteiger partial charge in [-0.1, -0.05) is 42.5 Å². The maximum atomic E-state index is 11.9. The van der Waals surface area contributed by atoms with Crippen molar-refractivity contribution in [3.05, 3.63) is 70.9 Å². The van der Waals surface area contributed by atoms with E-state index in [1.807, 2.05) is 48.5 Å². The van der Waals surface area contributed by atoms with Gasteiger partial charge in [-0.05, 0) is 12.1 Å². The quantitative estimate of drug-likeness (QED) is 0.592. The van der Waals surface area contributed by atoms with Crippen LogP contribution in [0.4, 0.5) is 0 Å². The van der Waals surface area contributed by atoms with E-state index in [1.165, 1.54) is 6.07 Å². The number of para-hydroxylation sites is 1. The first-order valence-electron chi connectivity index (χ1n) is 6.38. The molecule has 0 saturated heterocycles. The highest BCUT2D eigenvalue weighted by molar-refractivity contribution is 7.56. The Kier molecular flexibility index (Phi) is 4.90. The highest BCUT2D eigenvalue weighted by atomic mass is 31.2. The smallest absolute Gasteiger partial charge is 0.271 e. The molecular formula is C15H16N3O3P. The summed E-state index contributed by atoms with van der Waals surface area (Å²) in [6.07, 6.45) is 0. The average Bonchev–Trinajstić information content (AvgIpc) is 2.46. The Bertz CT molecular complexity index is 864. The van der Waals surface area contributed by atoms with E-state index in [0.29, 0.717) is 16.7 Å². The summed E-state index contributed by atoms with van der Waals surface area (Å²) in [4.78, 5) is 11.9. The van der Waals surface area contributed by atoms with Crippen LogP contribution in [0, 0.1) is 0 Å². The van der Waals surface area contributed by atoms with Crippen molar-refractivity contribution in [2.75, 3.05) is 0 Å². The predicted octanol–water partition coefficient (Wildman–Crippen LogP) is 2.43. The monoisotopic (exact) mass is 317 g/mol. The average molecular weight is 317 g/mol. The molecule has 0 amide bonds. The lowest BCUT2D eigenvalue weighted by atomic mass is 10.1. The first kappa shape index (κ1) is 16.1. The molecule has 0 atom stereocenters. The van der Waals surface area contributed by atoms with Crippen LogP contribution in [-0.2, 0) is 4.57 Å². The van der Waals surface area contributed by atoms with E-state index in [9.17, 15) is 9.36 Å². The lowest BCUT2D eigenvalue weighted by Gasteiger charge is -2.02. The Morgan fingerprint density at radius 3 is 2.05 bits per heavy atom. The Morgan fingerprint density at radius 1 is 0.864 bits per heavy atom. The molecule has 3 aromatic rings. The number of benzene rings is 2. The van der Waals surface area contributed by atoms with Crippen LogP contribution in [0.2, 0.25) is 0 Å². The van der Waals surface area contributed by atoms with Gasteiger partial charge in [-0.25, -0.2) is 0 Å². The van der Waals surface area contributed by atoms with Crippen LogP contribution >= 0.6 is 7.59 Å². The summed E-state index contributed by atoms with van der Waals surface area (Å²) in [6, 6.07) is 18.4. The van der Waals surface area contributed by atoms with E-state index in [4.69, 9.17) is 4.42 Å². The van der Waals surface area contributed by atoms with Crippen LogP contribution in [0.1, 0.15) is 0 Å². The molecule has 0 saturated carbocycles. The molecule has 6 N–H and O–H groups in total. The number of rotatable bonds is 1. The van der Waals surface area contributed by atoms with Crippen LogP contribution in [0.25, 0.3) is 22.3 Å². The molecular weight excluding hydrogens is 301 g/mol. The molecule has 1 aromatic heterocycles. The van der Waals surface area contributed by atoms with Gasteiger partial charge in [0.25, 0.3) is 7.59 Å². The minimum atomic E-state index is -3.14. The molecule has 114 valence electrons. The van der Waals surface area contributed by atoms with Crippen molar-refractivity contribution in [2.45, 2.75) is 0 Å². The zero-order valence-corrected chi connectivity index (χ0v) is 12.6. The van der Waals surface area contributed by atoms with Gasteiger partial charge in [0.05, 0.1) is 5.39 Å². The van der Waals surface area contributed by atoms with E-state index in [0.717, 1.165) is 5.56 Å². The highest BCUT2D eigenvalue weighted by Gasteiger charge is 2.05. The molecule has 0 aliphatic heterocycles. The van der Waals surface area contributed by atoms with Crippen LogP contribution in [0.3, 0.4) is 0 Å². The molecule has 1 heterocycles. The first-order chi connectivity index (χ1) is 10.3. The van der Waals surface area contributed by atoms with Gasteiger partial charge >= 0.3 is 0 Å². The maximum Gasteiger partial charge on any atom is 0.271 e. The Morgan fingerprint density at radius 2 is 1.41 bits per heavy atom. The molecule has 0 radical (unpaired) electrons. The first-order valence-corrected chi connectivity index (χ1v) is 8.30. The van der Waals surface area contributed by atoms with Crippen molar-refractivity contribution in [1.82, 2.24) is 0 Å². The third-order valence-electron chi connectivity index (χ3n) is 2.69. The number of hydrogen-bond donors (Lipinski definition) is 3. The molecule has 0 bridgehead atoms. The molecule has 0 aliphatic carbocycles. The molecule has 22 heavy (non-hydrogen) atoms. The third kappa shape index (κ3) is 4.65. The SMILES string of the molecule is NP(N)(N)=O.O=c1cc(-c2ccccc2)oc2ccccc12. The molecule has 0 spiro atoms. The summed E-state index contributed by atoms with van der Waals surface area (Å²) in [5.41, 5.74) is 14.9. The van der Waals surface area contributed by atoms with Crippen molar-refractivity contribution in [2.24, 2.45) is 16.5 Å². The van der Waals surface area contributed by atoms with Gasteiger partial charge in [0.15, 0.2) is 5.43 Å². The zero-order valence-electron chi connectivity index (χ0n) is 11.7. The van der Waals surface area contributed by atoms with Crippen molar-refractivity contribution in [3.8, 4) is 11.3 Å². The van der Waals surface area contributed by atoms with E-state index in [2.05, 4.69) is 16.5 Å². The summed E-state index contributed by atoms with van der Waals surface area (Å²) in [7, 11) is -3.14. The number of nitrogens with two attached hydrogens (primary N) is 3. The zero-order chi connectivity index (χ0) is 16.2. The van der Waals surface area contributed by atoms with Gasteiger partial charge in [0.1, 0.15) is 11.3 Å². The Hall–Kier alpha value is -2.24. The van der Waals surface area contributed by atoms with Crippen molar-refractivity contribution in [3.63, 3.8) is 0 Å². The minimum absolute atomic E-state index is 0.00861. The second-order valence-electron chi connectivity index (χ2n) is 4.60. The van der Waals surface area contributed by atoms with Crippen molar-refractivity contribution < 1.29 is 8.98 Å². The van der Waals surface area contributed by atoms with Crippen LogP contribution in [0.15, 0.2) is 69.9 Å². The maximum absolute atomic E-state index is 11.9. The molecule has 0 unspecified atom stereocenters. The summed E-state index contributed by atoms with van der Waals surface area (Å²) < 4.78 is 15.3. The second kappa shape index (κ2) is 6.68. The predicted molar refractivity (Wildman–Crippen MR) is 88.1 cm³/mol. The third-order valence-corrected chi connectivity index (χ3v) is 2.69. The fraction of sp³-hybridized carbons (Fsp3) is 0. The lowest BCUT2D eigenvalue weighted by Crippen LogP contribution is -2.12. The van der Waals surface area contributed by atoms with E-state index < -0.39 is 7.59 Å². The Labute approximate surface area is 127 Å². The Balaban J connectivity index is 0.000000309. The molecule has 0 fully saturated rings. The van der Waals surface area contributed by atoms with Crippen molar-refractivity contribution >= 4 is 18.6 Å². The standard InChI is InChI=1S/C15H10O2.H6N3OP/c16-13-10-15(11-6-2-1-3-7-11)17-14-9-5-4-8-12(13)14;1-5(2,3)4/h1-10H;(H6,1,2,3,4). The lowest BCUT2D eigenvalue weighted by molar-refractivity contribution is 0.577. The van der Waals surface area contributed by atoms with E-state index in [1.54, 1.807) is 6.07 Å². The van der Waals surface area contributed by atoms with Gasteiger partial charge in [0.2, 0.25) is 0 Å². The van der Waals surface area contributed by atoms with Gasteiger partial charge in [-0.15, -0.1) is 0 Å². The van der Waals surface area contributed by atoms with Crippen molar-refractivity contribution in [1.29, 1.82) is 0 Å². The van der Waals surface area contributed by atoms with Crippen LogP contribution in [-0.4, -0.2) is 0 Å². The minimum Gasteiger partial charge on any atom is -0.456 e. The fourth-order valence-corrected chi connectivity index (χ4v) is 1.85. The molecule has 2 aromatic carbocycles. The molecule has 6 nitrogen and oxygen atoms in total. The number of fused-ring (bicyclic) bond motifs is 1. The molecule has 3 rings (SSSR count). The van der Waals surface area contributed by atoms with E-state index >= 15 is 0 Å². The largest absolute Gasteiger partial charge is 0.456 e. The summed E-state index contributed by atoms with van der Waals surface area (Å²) in [5, 5.41) is 0.618. The number of hydrogen-bond acceptors (Lipinski definition) is 3. The summed E-state index contributed by atoms with van der Waals surface area (Å²) >= 11 is 0. The van der Waals surface area contributed by atoms with Gasteiger partial charge in [-0.2, -0.15) is 0 Å². The molecule has 7 heteroatoms. The van der Waals surface area contributed by atoms with Crippen LogP contribution < -0.4 is 21.9 Å². The topological polar surface area (TPSA) is 125 Å².